The number of ether oxygens (including phenoxy) is 2. The number of rotatable bonds is 9. The minimum atomic E-state index is -3.98. The number of benzene rings is 2. The summed E-state index contributed by atoms with van der Waals surface area (Å²) in [6, 6.07) is 11.6. The summed E-state index contributed by atoms with van der Waals surface area (Å²) in [6.07, 6.45) is 1.01. The molecule has 7 heteroatoms. The summed E-state index contributed by atoms with van der Waals surface area (Å²) in [5, 5.41) is 3.36. The summed E-state index contributed by atoms with van der Waals surface area (Å²) < 4.78 is 40.7. The van der Waals surface area contributed by atoms with E-state index in [2.05, 4.69) is 19.2 Å². The van der Waals surface area contributed by atoms with Crippen LogP contribution in [0.15, 0.2) is 47.4 Å². The van der Waals surface area contributed by atoms with Crippen LogP contribution in [0, 0.1) is 0 Å². The quantitative estimate of drug-likeness (QED) is 0.674. The van der Waals surface area contributed by atoms with E-state index < -0.39 is 10.1 Å². The maximum absolute atomic E-state index is 12.6. The summed E-state index contributed by atoms with van der Waals surface area (Å²) in [7, 11) is -0.990. The third-order valence-electron chi connectivity index (χ3n) is 4.04. The normalized spacial score (nSPS) is 12.5. The lowest BCUT2D eigenvalue weighted by molar-refractivity contribution is 0.390. The number of hydrogen-bond acceptors (Lipinski definition) is 6. The van der Waals surface area contributed by atoms with E-state index in [0.29, 0.717) is 24.1 Å². The van der Waals surface area contributed by atoms with Crippen molar-refractivity contribution in [2.24, 2.45) is 0 Å². The van der Waals surface area contributed by atoms with Gasteiger partial charge in [-0.1, -0.05) is 13.0 Å². The molecule has 0 heterocycles. The molecule has 2 rings (SSSR count). The molecule has 0 spiro atoms. The van der Waals surface area contributed by atoms with Crippen molar-refractivity contribution >= 4 is 10.1 Å². The number of hydrogen-bond donors (Lipinski definition) is 1. The molecule has 0 bridgehead atoms. The predicted molar refractivity (Wildman–Crippen MR) is 100 cm³/mol. The largest absolute Gasteiger partial charge is 0.497 e. The second-order valence-electron chi connectivity index (χ2n) is 5.89. The smallest absolute Gasteiger partial charge is 0.339 e. The fourth-order valence-corrected chi connectivity index (χ4v) is 3.17. The lowest BCUT2D eigenvalue weighted by atomic mass is 10.2. The van der Waals surface area contributed by atoms with Crippen molar-refractivity contribution < 1.29 is 22.1 Å². The molecule has 0 aromatic heterocycles. The molecule has 0 saturated carbocycles. The van der Waals surface area contributed by atoms with E-state index in [1.165, 1.54) is 26.4 Å². The highest BCUT2D eigenvalue weighted by molar-refractivity contribution is 7.87. The molecule has 6 nitrogen and oxygen atoms in total. The molecule has 0 amide bonds. The molecule has 26 heavy (non-hydrogen) atoms. The van der Waals surface area contributed by atoms with Crippen LogP contribution in [-0.2, 0) is 16.7 Å². The van der Waals surface area contributed by atoms with Crippen LogP contribution in [-0.4, -0.2) is 28.7 Å². The molecule has 2 aromatic rings. The van der Waals surface area contributed by atoms with Crippen LogP contribution in [0.4, 0.5) is 0 Å². The Hall–Kier alpha value is -2.25. The maximum atomic E-state index is 12.6. The molecule has 2 aromatic carbocycles. The predicted octanol–water partition coefficient (Wildman–Crippen LogP) is 3.36. The van der Waals surface area contributed by atoms with Gasteiger partial charge in [-0.25, -0.2) is 0 Å². The molecule has 142 valence electrons. The van der Waals surface area contributed by atoms with Gasteiger partial charge in [0.05, 0.1) is 14.2 Å². The van der Waals surface area contributed by atoms with E-state index in [4.69, 9.17) is 13.7 Å². The molecule has 0 aliphatic heterocycles. The van der Waals surface area contributed by atoms with Gasteiger partial charge in [0.2, 0.25) is 0 Å². The maximum Gasteiger partial charge on any atom is 0.339 e. The Morgan fingerprint density at radius 1 is 1.00 bits per heavy atom. The van der Waals surface area contributed by atoms with Crippen LogP contribution < -0.4 is 19.0 Å². The van der Waals surface area contributed by atoms with Gasteiger partial charge in [0.15, 0.2) is 11.5 Å². The Kier molecular flexibility index (Phi) is 6.88. The minimum Gasteiger partial charge on any atom is -0.497 e. The minimum absolute atomic E-state index is 0.0449. The molecule has 1 unspecified atom stereocenters. The summed E-state index contributed by atoms with van der Waals surface area (Å²) in [5.41, 5.74) is 0.908. The average Bonchev–Trinajstić information content (AvgIpc) is 2.66. The zero-order valence-electron chi connectivity index (χ0n) is 15.5. The molecule has 0 aliphatic rings. The van der Waals surface area contributed by atoms with Gasteiger partial charge in [-0.3, -0.25) is 0 Å². The van der Waals surface area contributed by atoms with Crippen molar-refractivity contribution in [2.75, 3.05) is 14.2 Å². The van der Waals surface area contributed by atoms with E-state index in [1.807, 2.05) is 6.07 Å². The highest BCUT2D eigenvalue weighted by Gasteiger charge is 2.19. The Morgan fingerprint density at radius 3 is 2.27 bits per heavy atom. The summed E-state index contributed by atoms with van der Waals surface area (Å²) >= 11 is 0. The van der Waals surface area contributed by atoms with E-state index in [-0.39, 0.29) is 10.6 Å². The van der Waals surface area contributed by atoms with Crippen molar-refractivity contribution in [3.8, 4) is 17.2 Å². The van der Waals surface area contributed by atoms with Gasteiger partial charge < -0.3 is 19.0 Å². The molecule has 0 fully saturated rings. The fourth-order valence-electron chi connectivity index (χ4n) is 2.24. The van der Waals surface area contributed by atoms with Crippen molar-refractivity contribution in [3.05, 3.63) is 48.0 Å². The highest BCUT2D eigenvalue weighted by atomic mass is 32.2. The third kappa shape index (κ3) is 5.12. The molecular formula is C19H25NO5S. The van der Waals surface area contributed by atoms with Gasteiger partial charge in [0.1, 0.15) is 10.6 Å². The molecule has 1 atom stereocenters. The van der Waals surface area contributed by atoms with Crippen LogP contribution >= 0.6 is 0 Å². The third-order valence-corrected chi connectivity index (χ3v) is 5.29. The SMILES string of the molecule is CCC(C)NCc1ccc(OC)c(OS(=O)(=O)c2ccc(OC)cc2)c1. The van der Waals surface area contributed by atoms with Crippen molar-refractivity contribution in [1.82, 2.24) is 5.32 Å². The molecule has 0 aliphatic carbocycles. The molecule has 0 saturated heterocycles. The van der Waals surface area contributed by atoms with Crippen LogP contribution in [0.25, 0.3) is 0 Å². The monoisotopic (exact) mass is 379 g/mol. The van der Waals surface area contributed by atoms with Crippen LogP contribution in [0.2, 0.25) is 0 Å². The Labute approximate surface area is 155 Å². The Balaban J connectivity index is 2.24. The Morgan fingerprint density at radius 2 is 1.69 bits per heavy atom. The standard InChI is InChI=1S/C19H25NO5S/c1-5-14(2)20-13-15-6-11-18(24-4)19(12-15)25-26(21,22)17-9-7-16(23-3)8-10-17/h6-12,14,20H,5,13H2,1-4H3. The van der Waals surface area contributed by atoms with E-state index in [9.17, 15) is 8.42 Å². The first-order valence-electron chi connectivity index (χ1n) is 8.38. The van der Waals surface area contributed by atoms with Gasteiger partial charge in [-0.15, -0.1) is 0 Å². The Bertz CT molecular complexity index is 818. The van der Waals surface area contributed by atoms with Gasteiger partial charge >= 0.3 is 10.1 Å². The lowest BCUT2D eigenvalue weighted by Crippen LogP contribution is -2.24. The van der Waals surface area contributed by atoms with Gasteiger partial charge in [-0.2, -0.15) is 8.42 Å². The van der Waals surface area contributed by atoms with E-state index in [1.54, 1.807) is 24.3 Å². The zero-order valence-corrected chi connectivity index (χ0v) is 16.3. The van der Waals surface area contributed by atoms with Gasteiger partial charge in [0, 0.05) is 12.6 Å². The van der Waals surface area contributed by atoms with Crippen LogP contribution in [0.1, 0.15) is 25.8 Å². The summed E-state index contributed by atoms with van der Waals surface area (Å²) in [5.74, 6) is 1.08. The second-order valence-corrected chi connectivity index (χ2v) is 7.43. The van der Waals surface area contributed by atoms with Gasteiger partial charge in [0.25, 0.3) is 0 Å². The second kappa shape index (κ2) is 8.91. The average molecular weight is 379 g/mol. The van der Waals surface area contributed by atoms with Crippen molar-refractivity contribution in [2.45, 2.75) is 37.8 Å². The van der Waals surface area contributed by atoms with Gasteiger partial charge in [-0.05, 0) is 55.3 Å². The fraction of sp³-hybridized carbons (Fsp3) is 0.368. The number of nitrogens with one attached hydrogen (secondary N) is 1. The van der Waals surface area contributed by atoms with E-state index >= 15 is 0 Å². The van der Waals surface area contributed by atoms with Crippen LogP contribution in [0.3, 0.4) is 0 Å². The first-order valence-corrected chi connectivity index (χ1v) is 9.79. The summed E-state index contributed by atoms with van der Waals surface area (Å²) in [6.45, 7) is 4.80. The number of methoxy groups -OCH3 is 2. The van der Waals surface area contributed by atoms with Crippen molar-refractivity contribution in [3.63, 3.8) is 0 Å². The van der Waals surface area contributed by atoms with Crippen molar-refractivity contribution in [1.29, 1.82) is 0 Å². The molecule has 0 radical (unpaired) electrons. The first kappa shape index (κ1) is 20.1. The first-order chi connectivity index (χ1) is 12.4. The van der Waals surface area contributed by atoms with E-state index in [0.717, 1.165) is 12.0 Å². The molecular weight excluding hydrogens is 354 g/mol. The topological polar surface area (TPSA) is 73.9 Å². The zero-order chi connectivity index (χ0) is 19.2. The summed E-state index contributed by atoms with van der Waals surface area (Å²) in [4.78, 5) is 0.0449. The lowest BCUT2D eigenvalue weighted by Gasteiger charge is -2.14. The highest BCUT2D eigenvalue weighted by Crippen LogP contribution is 2.31. The molecule has 1 N–H and O–H groups in total. The van der Waals surface area contributed by atoms with Crippen LogP contribution in [0.5, 0.6) is 17.2 Å².